The van der Waals surface area contributed by atoms with Crippen LogP contribution in [0.2, 0.25) is 0 Å². The molecule has 21 heavy (non-hydrogen) atoms. The molecule has 0 bridgehead atoms. The number of benzene rings is 1. The first-order valence-corrected chi connectivity index (χ1v) is 7.90. The van der Waals surface area contributed by atoms with Crippen molar-refractivity contribution in [2.75, 3.05) is 21.2 Å². The second-order valence-electron chi connectivity index (χ2n) is 6.07. The molecule has 3 rings (SSSR count). The van der Waals surface area contributed by atoms with Gasteiger partial charge < -0.3 is 14.2 Å². The van der Waals surface area contributed by atoms with Crippen LogP contribution in [0.4, 0.5) is 0 Å². The van der Waals surface area contributed by atoms with Crippen molar-refractivity contribution in [1.82, 2.24) is 14.5 Å². The molecule has 114 valence electrons. The molecular weight excluding hydrogens is 286 g/mol. The number of ether oxygens (including phenoxy) is 1. The molecule has 1 aliphatic carbocycles. The van der Waals surface area contributed by atoms with Gasteiger partial charge in [0.05, 0.1) is 24.0 Å². The van der Waals surface area contributed by atoms with E-state index in [2.05, 4.69) is 34.6 Å². The van der Waals surface area contributed by atoms with Crippen molar-refractivity contribution in [2.24, 2.45) is 0 Å². The summed E-state index contributed by atoms with van der Waals surface area (Å²) in [6.07, 6.45) is 3.77. The summed E-state index contributed by atoms with van der Waals surface area (Å²) in [7, 11) is 6.01. The second kappa shape index (κ2) is 5.50. The van der Waals surface area contributed by atoms with Crippen molar-refractivity contribution in [2.45, 2.75) is 37.2 Å². The number of hydrogen-bond acceptors (Lipinski definition) is 3. The van der Waals surface area contributed by atoms with E-state index in [-0.39, 0.29) is 5.54 Å². The third-order valence-corrected chi connectivity index (χ3v) is 5.08. The van der Waals surface area contributed by atoms with Gasteiger partial charge in [0.2, 0.25) is 0 Å². The minimum Gasteiger partial charge on any atom is -0.497 e. The Morgan fingerprint density at radius 1 is 1.38 bits per heavy atom. The van der Waals surface area contributed by atoms with E-state index < -0.39 is 0 Å². The maximum absolute atomic E-state index is 6.12. The maximum atomic E-state index is 6.12. The van der Waals surface area contributed by atoms with Crippen molar-refractivity contribution < 1.29 is 4.74 Å². The molecule has 1 saturated carbocycles. The SMILES string of the molecule is COc1ccc2c(c1)nc(CCl)n2CC1(N(C)C)CCC1. The lowest BCUT2D eigenvalue weighted by Crippen LogP contribution is -2.53. The van der Waals surface area contributed by atoms with E-state index in [1.165, 1.54) is 19.3 Å². The van der Waals surface area contributed by atoms with E-state index in [1.54, 1.807) is 7.11 Å². The molecule has 0 aliphatic heterocycles. The minimum absolute atomic E-state index is 0.244. The maximum Gasteiger partial charge on any atom is 0.124 e. The highest BCUT2D eigenvalue weighted by Crippen LogP contribution is 2.39. The normalized spacial score (nSPS) is 17.2. The summed E-state index contributed by atoms with van der Waals surface area (Å²) >= 11 is 6.12. The predicted molar refractivity (Wildman–Crippen MR) is 86.1 cm³/mol. The Morgan fingerprint density at radius 3 is 2.67 bits per heavy atom. The van der Waals surface area contributed by atoms with Crippen molar-refractivity contribution >= 4 is 22.6 Å². The summed E-state index contributed by atoms with van der Waals surface area (Å²) in [6, 6.07) is 6.05. The number of alkyl halides is 1. The van der Waals surface area contributed by atoms with E-state index in [4.69, 9.17) is 16.3 Å². The van der Waals surface area contributed by atoms with Gasteiger partial charge in [0.25, 0.3) is 0 Å². The quantitative estimate of drug-likeness (QED) is 0.794. The molecule has 0 spiro atoms. The number of hydrogen-bond donors (Lipinski definition) is 0. The summed E-state index contributed by atoms with van der Waals surface area (Å²) in [4.78, 5) is 7.03. The zero-order chi connectivity index (χ0) is 15.0. The van der Waals surface area contributed by atoms with Gasteiger partial charge in [0.15, 0.2) is 0 Å². The molecule has 0 atom stereocenters. The van der Waals surface area contributed by atoms with Gasteiger partial charge in [0.1, 0.15) is 11.6 Å². The van der Waals surface area contributed by atoms with Gasteiger partial charge in [-0.25, -0.2) is 4.98 Å². The molecule has 0 unspecified atom stereocenters. The smallest absolute Gasteiger partial charge is 0.124 e. The highest BCUT2D eigenvalue weighted by atomic mass is 35.5. The summed E-state index contributed by atoms with van der Waals surface area (Å²) in [5, 5.41) is 0. The lowest BCUT2D eigenvalue weighted by molar-refractivity contribution is 0.0429. The van der Waals surface area contributed by atoms with Crippen molar-refractivity contribution in [3.05, 3.63) is 24.0 Å². The van der Waals surface area contributed by atoms with Crippen molar-refractivity contribution in [3.63, 3.8) is 0 Å². The molecule has 0 saturated heterocycles. The van der Waals surface area contributed by atoms with Gasteiger partial charge in [-0.05, 0) is 45.5 Å². The van der Waals surface area contributed by atoms with Gasteiger partial charge in [-0.15, -0.1) is 11.6 Å². The third-order valence-electron chi connectivity index (χ3n) is 4.84. The summed E-state index contributed by atoms with van der Waals surface area (Å²) in [5.74, 6) is 2.20. The minimum atomic E-state index is 0.244. The fourth-order valence-electron chi connectivity index (χ4n) is 3.19. The average molecular weight is 308 g/mol. The fraction of sp³-hybridized carbons (Fsp3) is 0.562. The molecule has 1 aromatic carbocycles. The first-order valence-electron chi connectivity index (χ1n) is 7.36. The molecule has 5 heteroatoms. The molecule has 1 aliphatic rings. The van der Waals surface area contributed by atoms with E-state index in [9.17, 15) is 0 Å². The van der Waals surface area contributed by atoms with Crippen molar-refractivity contribution in [1.29, 1.82) is 0 Å². The second-order valence-corrected chi connectivity index (χ2v) is 6.34. The highest BCUT2D eigenvalue weighted by Gasteiger charge is 2.40. The van der Waals surface area contributed by atoms with Crippen LogP contribution in [0, 0.1) is 0 Å². The monoisotopic (exact) mass is 307 g/mol. The van der Waals surface area contributed by atoms with Crippen LogP contribution in [-0.4, -0.2) is 41.2 Å². The lowest BCUT2D eigenvalue weighted by atomic mass is 9.75. The van der Waals surface area contributed by atoms with Crippen LogP contribution < -0.4 is 4.74 Å². The van der Waals surface area contributed by atoms with Crippen LogP contribution in [-0.2, 0) is 12.4 Å². The molecule has 1 fully saturated rings. The Balaban J connectivity index is 2.04. The number of likely N-dealkylation sites (N-methyl/N-ethyl adjacent to an activating group) is 1. The van der Waals surface area contributed by atoms with Crippen LogP contribution in [0.5, 0.6) is 5.75 Å². The zero-order valence-electron chi connectivity index (χ0n) is 12.9. The first-order chi connectivity index (χ1) is 10.1. The molecule has 0 amide bonds. The molecular formula is C16H22ClN3O. The molecule has 0 radical (unpaired) electrons. The Labute approximate surface area is 130 Å². The number of methoxy groups -OCH3 is 1. The number of fused-ring (bicyclic) bond motifs is 1. The number of aromatic nitrogens is 2. The summed E-state index contributed by atoms with van der Waals surface area (Å²) in [5.41, 5.74) is 2.34. The van der Waals surface area contributed by atoms with E-state index in [1.807, 2.05) is 12.1 Å². The number of halogens is 1. The van der Waals surface area contributed by atoms with Gasteiger partial charge in [-0.1, -0.05) is 0 Å². The Hall–Kier alpha value is -1.26. The third kappa shape index (κ3) is 2.40. The van der Waals surface area contributed by atoms with Gasteiger partial charge >= 0.3 is 0 Å². The topological polar surface area (TPSA) is 30.3 Å². The Kier molecular flexibility index (Phi) is 3.84. The van der Waals surface area contributed by atoms with Crippen LogP contribution in [0.15, 0.2) is 18.2 Å². The van der Waals surface area contributed by atoms with Gasteiger partial charge in [-0.2, -0.15) is 0 Å². The molecule has 0 N–H and O–H groups in total. The van der Waals surface area contributed by atoms with E-state index in [0.29, 0.717) is 5.88 Å². The summed E-state index contributed by atoms with van der Waals surface area (Å²) in [6.45, 7) is 0.949. The Morgan fingerprint density at radius 2 is 2.14 bits per heavy atom. The zero-order valence-corrected chi connectivity index (χ0v) is 13.7. The predicted octanol–water partition coefficient (Wildman–Crippen LogP) is 3.27. The van der Waals surface area contributed by atoms with Crippen LogP contribution in [0.25, 0.3) is 11.0 Å². The summed E-state index contributed by atoms with van der Waals surface area (Å²) < 4.78 is 7.56. The highest BCUT2D eigenvalue weighted by molar-refractivity contribution is 6.16. The lowest BCUT2D eigenvalue weighted by Gasteiger charge is -2.47. The van der Waals surface area contributed by atoms with Crippen LogP contribution >= 0.6 is 11.6 Å². The van der Waals surface area contributed by atoms with Crippen molar-refractivity contribution in [3.8, 4) is 5.75 Å². The molecule has 4 nitrogen and oxygen atoms in total. The molecule has 2 aromatic rings. The molecule has 1 aromatic heterocycles. The fourth-order valence-corrected chi connectivity index (χ4v) is 3.39. The standard InChI is InChI=1S/C16H22ClN3O/c1-19(2)16(7-4-8-16)11-20-14-6-5-12(21-3)9-13(14)18-15(20)10-17/h5-6,9H,4,7-8,10-11H2,1-3H3. The number of rotatable bonds is 5. The van der Waals surface area contributed by atoms with E-state index in [0.717, 1.165) is 29.2 Å². The average Bonchev–Trinajstić information content (AvgIpc) is 2.78. The Bertz CT molecular complexity index is 646. The largest absolute Gasteiger partial charge is 0.497 e. The number of imidazole rings is 1. The molecule has 1 heterocycles. The first kappa shape index (κ1) is 14.7. The van der Waals surface area contributed by atoms with Gasteiger partial charge in [0, 0.05) is 18.2 Å². The van der Waals surface area contributed by atoms with Crippen LogP contribution in [0.3, 0.4) is 0 Å². The van der Waals surface area contributed by atoms with E-state index >= 15 is 0 Å². The van der Waals surface area contributed by atoms with Crippen LogP contribution in [0.1, 0.15) is 25.1 Å². The van der Waals surface area contributed by atoms with Gasteiger partial charge in [-0.3, -0.25) is 0 Å². The number of nitrogens with zero attached hydrogens (tertiary/aromatic N) is 3.